The molecule has 0 saturated carbocycles. The second-order valence-electron chi connectivity index (χ2n) is 2.59. The molecule has 9 heavy (non-hydrogen) atoms. The molecular formula is C7H16N2. The maximum absolute atomic E-state index is 3.29. The van der Waals surface area contributed by atoms with E-state index in [0.717, 1.165) is 6.04 Å². The Morgan fingerprint density at radius 1 is 1.44 bits per heavy atom. The van der Waals surface area contributed by atoms with Crippen LogP contribution in [0.4, 0.5) is 0 Å². The fraction of sp³-hybridized carbons (Fsp3) is 1.00. The summed E-state index contributed by atoms with van der Waals surface area (Å²) in [5.74, 6) is 0. The molecule has 1 aliphatic heterocycles. The molecule has 1 aliphatic rings. The van der Waals surface area contributed by atoms with E-state index in [1.54, 1.807) is 0 Å². The largest absolute Gasteiger partial charge is 0.310 e. The van der Waals surface area contributed by atoms with Gasteiger partial charge in [0.15, 0.2) is 0 Å². The molecule has 1 saturated heterocycles. The van der Waals surface area contributed by atoms with Gasteiger partial charge in [-0.1, -0.05) is 13.8 Å². The minimum Gasteiger partial charge on any atom is -0.310 e. The van der Waals surface area contributed by atoms with Crippen LogP contribution in [0.1, 0.15) is 13.8 Å². The number of likely N-dealkylation sites (N-methyl/N-ethyl adjacent to an activating group) is 1. The molecule has 2 nitrogen and oxygen atoms in total. The second kappa shape index (κ2) is 3.18. The SMILES string of the molecule is CCN(CC)CC1CN1. The van der Waals surface area contributed by atoms with Crippen molar-refractivity contribution < 1.29 is 0 Å². The van der Waals surface area contributed by atoms with E-state index in [0.29, 0.717) is 0 Å². The topological polar surface area (TPSA) is 25.2 Å². The third kappa shape index (κ3) is 2.33. The lowest BCUT2D eigenvalue weighted by Gasteiger charge is -2.16. The number of hydrogen-bond acceptors (Lipinski definition) is 2. The molecule has 1 atom stereocenters. The summed E-state index contributed by atoms with van der Waals surface area (Å²) in [4.78, 5) is 2.45. The summed E-state index contributed by atoms with van der Waals surface area (Å²) in [5.41, 5.74) is 0. The number of nitrogens with one attached hydrogen (secondary N) is 1. The highest BCUT2D eigenvalue weighted by Gasteiger charge is 2.21. The quantitative estimate of drug-likeness (QED) is 0.551. The Kier molecular flexibility index (Phi) is 2.49. The van der Waals surface area contributed by atoms with Crippen LogP contribution in [0, 0.1) is 0 Å². The molecular weight excluding hydrogens is 112 g/mol. The van der Waals surface area contributed by atoms with E-state index < -0.39 is 0 Å². The summed E-state index contributed by atoms with van der Waals surface area (Å²) in [6.45, 7) is 9.28. The van der Waals surface area contributed by atoms with Crippen molar-refractivity contribution in [1.29, 1.82) is 0 Å². The van der Waals surface area contributed by atoms with Gasteiger partial charge in [-0.15, -0.1) is 0 Å². The Labute approximate surface area is 57.2 Å². The molecule has 0 aromatic carbocycles. The van der Waals surface area contributed by atoms with Crippen LogP contribution in [0.5, 0.6) is 0 Å². The minimum absolute atomic E-state index is 0.810. The summed E-state index contributed by atoms with van der Waals surface area (Å²) < 4.78 is 0. The minimum atomic E-state index is 0.810. The van der Waals surface area contributed by atoms with Gasteiger partial charge in [-0.2, -0.15) is 0 Å². The zero-order chi connectivity index (χ0) is 6.69. The fourth-order valence-corrected chi connectivity index (χ4v) is 1.01. The van der Waals surface area contributed by atoms with Crippen molar-refractivity contribution in [2.45, 2.75) is 19.9 Å². The predicted molar refractivity (Wildman–Crippen MR) is 39.6 cm³/mol. The first-order valence-electron chi connectivity index (χ1n) is 3.82. The molecule has 54 valence electrons. The summed E-state index contributed by atoms with van der Waals surface area (Å²) in [5, 5.41) is 3.29. The number of rotatable bonds is 4. The Morgan fingerprint density at radius 2 is 2.00 bits per heavy atom. The highest BCUT2D eigenvalue weighted by Crippen LogP contribution is 1.99. The van der Waals surface area contributed by atoms with Gasteiger partial charge in [0.2, 0.25) is 0 Å². The average molecular weight is 128 g/mol. The molecule has 0 aliphatic carbocycles. The van der Waals surface area contributed by atoms with Gasteiger partial charge in [0.1, 0.15) is 0 Å². The highest BCUT2D eigenvalue weighted by molar-refractivity contribution is 4.85. The van der Waals surface area contributed by atoms with Crippen molar-refractivity contribution in [2.24, 2.45) is 0 Å². The molecule has 2 heteroatoms. The molecule has 0 aromatic heterocycles. The third-order valence-electron chi connectivity index (χ3n) is 1.87. The summed E-state index contributed by atoms with van der Waals surface area (Å²) >= 11 is 0. The second-order valence-corrected chi connectivity index (χ2v) is 2.59. The molecule has 1 unspecified atom stereocenters. The summed E-state index contributed by atoms with van der Waals surface area (Å²) in [6.07, 6.45) is 0. The van der Waals surface area contributed by atoms with Gasteiger partial charge < -0.3 is 10.2 Å². The molecule has 0 spiro atoms. The first-order valence-corrected chi connectivity index (χ1v) is 3.82. The van der Waals surface area contributed by atoms with Crippen molar-refractivity contribution in [3.8, 4) is 0 Å². The lowest BCUT2D eigenvalue weighted by atomic mass is 10.4. The number of hydrogen-bond donors (Lipinski definition) is 1. The zero-order valence-corrected chi connectivity index (χ0v) is 6.35. The standard InChI is InChI=1S/C7H16N2/c1-3-9(4-2)6-7-5-8-7/h7-8H,3-6H2,1-2H3. The van der Waals surface area contributed by atoms with E-state index in [-0.39, 0.29) is 0 Å². The Hall–Kier alpha value is -0.0800. The van der Waals surface area contributed by atoms with E-state index in [1.165, 1.54) is 26.2 Å². The maximum Gasteiger partial charge on any atom is 0.0320 e. The van der Waals surface area contributed by atoms with Gasteiger partial charge in [-0.25, -0.2) is 0 Å². The van der Waals surface area contributed by atoms with Crippen molar-refractivity contribution >= 4 is 0 Å². The van der Waals surface area contributed by atoms with Crippen LogP contribution in [0.15, 0.2) is 0 Å². The summed E-state index contributed by atoms with van der Waals surface area (Å²) in [6, 6.07) is 0.810. The van der Waals surface area contributed by atoms with Crippen LogP contribution in [-0.4, -0.2) is 37.1 Å². The summed E-state index contributed by atoms with van der Waals surface area (Å²) in [7, 11) is 0. The fourth-order valence-electron chi connectivity index (χ4n) is 1.01. The lowest BCUT2D eigenvalue weighted by molar-refractivity contribution is 0.306. The first kappa shape index (κ1) is 7.03. The number of nitrogens with zero attached hydrogens (tertiary/aromatic N) is 1. The van der Waals surface area contributed by atoms with Gasteiger partial charge in [0, 0.05) is 19.1 Å². The zero-order valence-electron chi connectivity index (χ0n) is 6.35. The van der Waals surface area contributed by atoms with Gasteiger partial charge in [0.05, 0.1) is 0 Å². The van der Waals surface area contributed by atoms with Crippen molar-refractivity contribution in [3.05, 3.63) is 0 Å². The van der Waals surface area contributed by atoms with Gasteiger partial charge >= 0.3 is 0 Å². The van der Waals surface area contributed by atoms with Crippen molar-refractivity contribution in [1.82, 2.24) is 10.2 Å². The molecule has 0 aromatic rings. The van der Waals surface area contributed by atoms with Gasteiger partial charge in [-0.05, 0) is 13.1 Å². The van der Waals surface area contributed by atoms with Crippen LogP contribution in [-0.2, 0) is 0 Å². The third-order valence-corrected chi connectivity index (χ3v) is 1.87. The normalized spacial score (nSPS) is 25.0. The Morgan fingerprint density at radius 3 is 2.33 bits per heavy atom. The van der Waals surface area contributed by atoms with E-state index >= 15 is 0 Å². The molecule has 1 fully saturated rings. The monoisotopic (exact) mass is 128 g/mol. The average Bonchev–Trinajstić information content (AvgIpc) is 2.66. The van der Waals surface area contributed by atoms with E-state index in [4.69, 9.17) is 0 Å². The lowest BCUT2D eigenvalue weighted by Crippen LogP contribution is -2.28. The van der Waals surface area contributed by atoms with Crippen molar-refractivity contribution in [2.75, 3.05) is 26.2 Å². The Balaban J connectivity index is 2.05. The van der Waals surface area contributed by atoms with Gasteiger partial charge in [-0.3, -0.25) is 0 Å². The van der Waals surface area contributed by atoms with Crippen LogP contribution in [0.25, 0.3) is 0 Å². The van der Waals surface area contributed by atoms with Crippen LogP contribution >= 0.6 is 0 Å². The van der Waals surface area contributed by atoms with E-state index in [2.05, 4.69) is 24.1 Å². The molecule has 0 radical (unpaired) electrons. The molecule has 1 heterocycles. The first-order chi connectivity index (χ1) is 4.36. The molecule has 1 rings (SSSR count). The molecule has 0 amide bonds. The van der Waals surface area contributed by atoms with Crippen molar-refractivity contribution in [3.63, 3.8) is 0 Å². The molecule has 1 N–H and O–H groups in total. The smallest absolute Gasteiger partial charge is 0.0320 e. The molecule has 0 bridgehead atoms. The maximum atomic E-state index is 3.29. The van der Waals surface area contributed by atoms with Gasteiger partial charge in [0.25, 0.3) is 0 Å². The van der Waals surface area contributed by atoms with Crippen LogP contribution < -0.4 is 5.32 Å². The van der Waals surface area contributed by atoms with E-state index in [9.17, 15) is 0 Å². The van der Waals surface area contributed by atoms with Crippen LogP contribution in [0.2, 0.25) is 0 Å². The Bertz CT molecular complexity index is 75.0. The van der Waals surface area contributed by atoms with Crippen LogP contribution in [0.3, 0.4) is 0 Å². The highest BCUT2D eigenvalue weighted by atomic mass is 15.2. The predicted octanol–water partition coefficient (Wildman–Crippen LogP) is 0.300. The van der Waals surface area contributed by atoms with E-state index in [1.807, 2.05) is 0 Å².